The topological polar surface area (TPSA) is 154 Å². The Morgan fingerprint density at radius 2 is 1.64 bits per heavy atom. The van der Waals surface area contributed by atoms with Gasteiger partial charge in [-0.1, -0.05) is 40.7 Å². The van der Waals surface area contributed by atoms with Crippen LogP contribution in [0.4, 0.5) is 5.69 Å². The lowest BCUT2D eigenvalue weighted by atomic mass is 9.76. The number of nitrogens with one attached hydrogen (secondary N) is 3. The Labute approximate surface area is 270 Å². The van der Waals surface area contributed by atoms with Crippen molar-refractivity contribution in [1.82, 2.24) is 10.6 Å². The molecule has 1 unspecified atom stereocenters. The van der Waals surface area contributed by atoms with Gasteiger partial charge in [0, 0.05) is 38.4 Å². The van der Waals surface area contributed by atoms with Crippen molar-refractivity contribution in [1.29, 1.82) is 0 Å². The molecule has 0 bridgehead atoms. The first-order valence-corrected chi connectivity index (χ1v) is 16.3. The van der Waals surface area contributed by atoms with Crippen molar-refractivity contribution in [3.63, 3.8) is 0 Å². The van der Waals surface area contributed by atoms with E-state index in [-0.39, 0.29) is 72.3 Å². The molecule has 1 rings (SSSR count). The van der Waals surface area contributed by atoms with Crippen molar-refractivity contribution in [2.75, 3.05) is 38.2 Å². The van der Waals surface area contributed by atoms with Gasteiger partial charge >= 0.3 is 0 Å². The zero-order chi connectivity index (χ0) is 33.1. The van der Waals surface area contributed by atoms with Crippen LogP contribution in [0.1, 0.15) is 85.1 Å². The fraction of sp³-hybridized carbons (Fsp3) is 0.636. The molecular formula is C33H52BrN3O7. The van der Waals surface area contributed by atoms with Gasteiger partial charge in [0.1, 0.15) is 5.75 Å². The Morgan fingerprint density at radius 1 is 0.955 bits per heavy atom. The van der Waals surface area contributed by atoms with Crippen LogP contribution in [0.5, 0.6) is 5.75 Å². The van der Waals surface area contributed by atoms with E-state index in [1.165, 1.54) is 6.08 Å². The number of anilines is 1. The minimum Gasteiger partial charge on any atom is -0.506 e. The lowest BCUT2D eigenvalue weighted by Gasteiger charge is -2.29. The first-order valence-electron chi connectivity index (χ1n) is 15.5. The molecule has 3 amide bonds. The van der Waals surface area contributed by atoms with Gasteiger partial charge in [0.15, 0.2) is 5.78 Å². The number of aliphatic hydroxyl groups is 1. The molecule has 11 heteroatoms. The first-order chi connectivity index (χ1) is 20.7. The number of aliphatic hydroxyl groups excluding tert-OH is 1. The van der Waals surface area contributed by atoms with E-state index < -0.39 is 5.91 Å². The predicted molar refractivity (Wildman–Crippen MR) is 176 cm³/mol. The minimum atomic E-state index is -0.450. The van der Waals surface area contributed by atoms with Crippen molar-refractivity contribution >= 4 is 45.1 Å². The molecule has 0 saturated heterocycles. The predicted octanol–water partition coefficient (Wildman–Crippen LogP) is 5.01. The third kappa shape index (κ3) is 17.5. The number of allylic oxidation sites excluding steroid dienone is 1. The molecule has 0 aliphatic carbocycles. The van der Waals surface area contributed by atoms with Gasteiger partial charge in [0.2, 0.25) is 17.7 Å². The molecule has 1 aromatic carbocycles. The second-order valence-corrected chi connectivity index (χ2v) is 13.3. The Kier molecular flexibility index (Phi) is 18.8. The van der Waals surface area contributed by atoms with Gasteiger partial charge in [-0.15, -0.1) is 0 Å². The molecule has 2 atom stereocenters. The molecule has 0 spiro atoms. The number of aromatic hydroxyl groups is 1. The van der Waals surface area contributed by atoms with E-state index >= 15 is 0 Å². The second kappa shape index (κ2) is 21.1. The molecule has 0 saturated carbocycles. The number of unbranched alkanes of at least 4 members (excludes halogenated alkanes) is 1. The molecule has 5 N–H and O–H groups in total. The van der Waals surface area contributed by atoms with Crippen molar-refractivity contribution in [2.24, 2.45) is 17.3 Å². The number of hydrogen-bond donors (Lipinski definition) is 5. The number of rotatable bonds is 21. The van der Waals surface area contributed by atoms with Gasteiger partial charge < -0.3 is 30.9 Å². The monoisotopic (exact) mass is 681 g/mol. The van der Waals surface area contributed by atoms with Crippen molar-refractivity contribution in [2.45, 2.75) is 86.0 Å². The Balaban J connectivity index is 2.35. The number of ether oxygens (including phenoxy) is 1. The average Bonchev–Trinajstić information content (AvgIpc) is 2.94. The lowest BCUT2D eigenvalue weighted by Crippen LogP contribution is -2.27. The van der Waals surface area contributed by atoms with E-state index in [1.807, 2.05) is 12.1 Å². The summed E-state index contributed by atoms with van der Waals surface area (Å²) in [5.74, 6) is -0.0567. The molecule has 248 valence electrons. The SMILES string of the molecule is CC(C[C@@H](C)Cc1ccc(O)c(NC(=O)CCCNC(=O)/C=C(\Br)C(=O)CCCCC(=O)NCCOCCO)c1)C(C)(C)C. The number of carbonyl (C=O) groups is 4. The highest BCUT2D eigenvalue weighted by molar-refractivity contribution is 9.12. The number of amides is 3. The molecule has 0 fully saturated rings. The summed E-state index contributed by atoms with van der Waals surface area (Å²) in [6.07, 6.45) is 5.15. The molecule has 0 aliphatic heterocycles. The molecule has 0 aliphatic rings. The summed E-state index contributed by atoms with van der Waals surface area (Å²) < 4.78 is 5.21. The van der Waals surface area contributed by atoms with Gasteiger partial charge in [-0.25, -0.2) is 0 Å². The van der Waals surface area contributed by atoms with Crippen LogP contribution in [-0.4, -0.2) is 66.6 Å². The maximum atomic E-state index is 12.5. The van der Waals surface area contributed by atoms with Crippen LogP contribution in [0, 0.1) is 17.3 Å². The highest BCUT2D eigenvalue weighted by atomic mass is 79.9. The highest BCUT2D eigenvalue weighted by Crippen LogP contribution is 2.32. The summed E-state index contributed by atoms with van der Waals surface area (Å²) in [5.41, 5.74) is 1.67. The van der Waals surface area contributed by atoms with Crippen LogP contribution in [0.15, 0.2) is 28.8 Å². The number of halogens is 1. The maximum absolute atomic E-state index is 12.5. The standard InChI is InChI=1S/C33H52BrN3O7/c1-23(19-24(2)33(3,4)5)20-25-12-13-29(40)27(21-25)37-31(42)11-8-14-35-32(43)22-26(34)28(39)9-6-7-10-30(41)36-15-17-44-18-16-38/h12-13,21-24,38,40H,6-11,14-20H2,1-5H3,(H,35,43)(H,36,41)(H,37,42)/b26-22-/t23-,24?/m1/s1. The largest absolute Gasteiger partial charge is 0.506 e. The normalized spacial score (nSPS) is 13.2. The number of hydrogen-bond acceptors (Lipinski definition) is 7. The summed E-state index contributed by atoms with van der Waals surface area (Å²) in [6.45, 7) is 12.3. The summed E-state index contributed by atoms with van der Waals surface area (Å²) in [6, 6.07) is 5.31. The van der Waals surface area contributed by atoms with Gasteiger partial charge in [0.05, 0.1) is 30.0 Å². The number of Topliss-reactive ketones (excluding diaryl/α,β-unsaturated/α-hetero) is 1. The first kappa shape index (κ1) is 39.3. The zero-order valence-corrected chi connectivity index (χ0v) is 28.6. The number of ketones is 1. The maximum Gasteiger partial charge on any atom is 0.245 e. The van der Waals surface area contributed by atoms with Crippen LogP contribution >= 0.6 is 15.9 Å². The van der Waals surface area contributed by atoms with Crippen LogP contribution in [0.25, 0.3) is 0 Å². The third-order valence-corrected chi connectivity index (χ3v) is 8.09. The van der Waals surface area contributed by atoms with Gasteiger partial charge in [0.25, 0.3) is 0 Å². The Bertz CT molecular complexity index is 1100. The lowest BCUT2D eigenvalue weighted by molar-refractivity contribution is -0.121. The fourth-order valence-electron chi connectivity index (χ4n) is 4.38. The number of benzene rings is 1. The number of carbonyl (C=O) groups excluding carboxylic acids is 4. The minimum absolute atomic E-state index is 0.00874. The van der Waals surface area contributed by atoms with Crippen LogP contribution < -0.4 is 16.0 Å². The Hall–Kier alpha value is -2.76. The fourth-order valence-corrected chi connectivity index (χ4v) is 4.79. The van der Waals surface area contributed by atoms with Gasteiger partial charge in [-0.3, -0.25) is 19.2 Å². The van der Waals surface area contributed by atoms with E-state index in [2.05, 4.69) is 66.5 Å². The number of phenols is 1. The molecular weight excluding hydrogens is 630 g/mol. The molecule has 0 heterocycles. The average molecular weight is 683 g/mol. The smallest absolute Gasteiger partial charge is 0.245 e. The number of phenolic OH excluding ortho intramolecular Hbond substituents is 1. The summed E-state index contributed by atoms with van der Waals surface area (Å²) >= 11 is 3.15. The van der Waals surface area contributed by atoms with Gasteiger partial charge in [-0.2, -0.15) is 0 Å². The molecule has 44 heavy (non-hydrogen) atoms. The summed E-state index contributed by atoms with van der Waals surface area (Å²) in [4.78, 5) is 48.7. The summed E-state index contributed by atoms with van der Waals surface area (Å²) in [7, 11) is 0. The van der Waals surface area contributed by atoms with Crippen LogP contribution in [0.3, 0.4) is 0 Å². The van der Waals surface area contributed by atoms with E-state index in [0.717, 1.165) is 18.4 Å². The highest BCUT2D eigenvalue weighted by Gasteiger charge is 2.22. The van der Waals surface area contributed by atoms with Crippen molar-refractivity contribution in [3.8, 4) is 5.75 Å². The van der Waals surface area contributed by atoms with E-state index in [9.17, 15) is 24.3 Å². The molecule has 0 radical (unpaired) electrons. The van der Waals surface area contributed by atoms with Crippen LogP contribution in [0.2, 0.25) is 0 Å². The van der Waals surface area contributed by atoms with E-state index in [1.54, 1.807) is 6.07 Å². The van der Waals surface area contributed by atoms with Crippen molar-refractivity contribution < 1.29 is 34.1 Å². The quantitative estimate of drug-likeness (QED) is 0.0694. The zero-order valence-electron chi connectivity index (χ0n) is 27.0. The summed E-state index contributed by atoms with van der Waals surface area (Å²) in [5, 5.41) is 27.0. The Morgan fingerprint density at radius 3 is 2.32 bits per heavy atom. The molecule has 1 aromatic rings. The second-order valence-electron chi connectivity index (χ2n) is 12.4. The molecule has 10 nitrogen and oxygen atoms in total. The van der Waals surface area contributed by atoms with E-state index in [4.69, 9.17) is 9.84 Å². The molecule has 0 aromatic heterocycles. The third-order valence-electron chi connectivity index (χ3n) is 7.42. The van der Waals surface area contributed by atoms with Gasteiger partial charge in [-0.05, 0) is 83.0 Å². The van der Waals surface area contributed by atoms with Crippen LogP contribution in [-0.2, 0) is 30.3 Å². The van der Waals surface area contributed by atoms with Crippen molar-refractivity contribution in [3.05, 3.63) is 34.3 Å². The van der Waals surface area contributed by atoms with E-state index in [0.29, 0.717) is 49.9 Å².